The number of fused-ring (bicyclic) bond motifs is 1. The molecule has 1 aliphatic carbocycles. The maximum atomic E-state index is 12.8. The van der Waals surface area contributed by atoms with E-state index in [1.54, 1.807) is 6.07 Å². The highest BCUT2D eigenvalue weighted by Crippen LogP contribution is 2.44. The third-order valence-corrected chi connectivity index (χ3v) is 5.34. The Morgan fingerprint density at radius 2 is 1.88 bits per heavy atom. The van der Waals surface area contributed by atoms with Crippen LogP contribution in [0.2, 0.25) is 10.0 Å². The maximum Gasteiger partial charge on any atom is 0.303 e. The first kappa shape index (κ1) is 18.7. The number of carbonyl (C=O) groups excluding carboxylic acids is 1. The number of ether oxygens (including phenoxy) is 1. The van der Waals surface area contributed by atoms with Gasteiger partial charge >= 0.3 is 5.97 Å². The van der Waals surface area contributed by atoms with Crippen molar-refractivity contribution in [1.29, 1.82) is 0 Å². The Labute approximate surface area is 161 Å². The van der Waals surface area contributed by atoms with Gasteiger partial charge in [0.15, 0.2) is 5.78 Å². The van der Waals surface area contributed by atoms with Gasteiger partial charge < -0.3 is 9.84 Å². The number of Topliss-reactive ketones (excluding diaryl/α,β-unsaturated/α-hetero) is 1. The van der Waals surface area contributed by atoms with Gasteiger partial charge in [0, 0.05) is 12.0 Å². The molecule has 1 aliphatic rings. The molecule has 0 bridgehead atoms. The SMILES string of the molecule is O=C(O)CCCCOc1cc2c(c(Cl)c1Cl)C(=O)C(c1ccccc1)C2. The Kier molecular flexibility index (Phi) is 5.84. The van der Waals surface area contributed by atoms with E-state index >= 15 is 0 Å². The van der Waals surface area contributed by atoms with E-state index in [1.165, 1.54) is 0 Å². The van der Waals surface area contributed by atoms with Crippen molar-refractivity contribution < 1.29 is 19.4 Å². The molecule has 0 fully saturated rings. The van der Waals surface area contributed by atoms with Crippen molar-refractivity contribution in [1.82, 2.24) is 0 Å². The first-order chi connectivity index (χ1) is 12.5. The van der Waals surface area contributed by atoms with Crippen LogP contribution in [-0.2, 0) is 11.2 Å². The van der Waals surface area contributed by atoms with Crippen LogP contribution in [0.5, 0.6) is 5.75 Å². The minimum Gasteiger partial charge on any atom is -0.492 e. The topological polar surface area (TPSA) is 63.6 Å². The average Bonchev–Trinajstić information content (AvgIpc) is 2.96. The molecule has 1 N–H and O–H groups in total. The van der Waals surface area contributed by atoms with Crippen LogP contribution in [-0.4, -0.2) is 23.5 Å². The summed E-state index contributed by atoms with van der Waals surface area (Å²) in [5.41, 5.74) is 2.26. The maximum absolute atomic E-state index is 12.8. The summed E-state index contributed by atoms with van der Waals surface area (Å²) in [6.45, 7) is 0.345. The second-order valence-electron chi connectivity index (χ2n) is 6.27. The van der Waals surface area contributed by atoms with E-state index < -0.39 is 5.97 Å². The number of unbranched alkanes of at least 4 members (excludes halogenated alkanes) is 1. The molecule has 2 aromatic rings. The first-order valence-electron chi connectivity index (χ1n) is 8.43. The Balaban J connectivity index is 1.76. The van der Waals surface area contributed by atoms with E-state index in [0.29, 0.717) is 37.2 Å². The second kappa shape index (κ2) is 8.11. The van der Waals surface area contributed by atoms with Crippen LogP contribution >= 0.6 is 23.2 Å². The molecule has 0 spiro atoms. The number of benzene rings is 2. The molecular weight excluding hydrogens is 375 g/mol. The van der Waals surface area contributed by atoms with Gasteiger partial charge in [-0.15, -0.1) is 0 Å². The van der Waals surface area contributed by atoms with Crippen LogP contribution in [0.4, 0.5) is 0 Å². The fraction of sp³-hybridized carbons (Fsp3) is 0.300. The molecule has 26 heavy (non-hydrogen) atoms. The summed E-state index contributed by atoms with van der Waals surface area (Å²) < 4.78 is 5.68. The number of carboxylic acids is 1. The van der Waals surface area contributed by atoms with Crippen LogP contribution in [0.15, 0.2) is 36.4 Å². The minimum absolute atomic E-state index is 0.0221. The number of carbonyl (C=O) groups is 2. The van der Waals surface area contributed by atoms with E-state index in [4.69, 9.17) is 33.0 Å². The molecule has 2 aromatic carbocycles. The molecule has 0 aromatic heterocycles. The fourth-order valence-electron chi connectivity index (χ4n) is 3.19. The smallest absolute Gasteiger partial charge is 0.303 e. The van der Waals surface area contributed by atoms with Gasteiger partial charge in [-0.2, -0.15) is 0 Å². The van der Waals surface area contributed by atoms with Crippen LogP contribution in [0.3, 0.4) is 0 Å². The molecule has 1 atom stereocenters. The Hall–Kier alpha value is -2.04. The summed E-state index contributed by atoms with van der Waals surface area (Å²) >= 11 is 12.7. The van der Waals surface area contributed by atoms with Gasteiger partial charge in [-0.05, 0) is 36.5 Å². The van der Waals surface area contributed by atoms with Gasteiger partial charge in [-0.3, -0.25) is 9.59 Å². The lowest BCUT2D eigenvalue weighted by molar-refractivity contribution is -0.137. The van der Waals surface area contributed by atoms with Crippen molar-refractivity contribution in [2.45, 2.75) is 31.6 Å². The lowest BCUT2D eigenvalue weighted by atomic mass is 9.95. The fourth-order valence-corrected chi connectivity index (χ4v) is 3.70. The largest absolute Gasteiger partial charge is 0.492 e. The monoisotopic (exact) mass is 392 g/mol. The molecule has 0 saturated heterocycles. The normalized spacial score (nSPS) is 15.8. The van der Waals surface area contributed by atoms with Crippen LogP contribution in [0, 0.1) is 0 Å². The van der Waals surface area contributed by atoms with E-state index in [2.05, 4.69) is 0 Å². The zero-order valence-corrected chi connectivity index (χ0v) is 15.5. The highest BCUT2D eigenvalue weighted by Gasteiger charge is 2.35. The Morgan fingerprint density at radius 3 is 2.58 bits per heavy atom. The molecule has 136 valence electrons. The number of hydrogen-bond acceptors (Lipinski definition) is 3. The Bertz CT molecular complexity index is 833. The van der Waals surface area contributed by atoms with Crippen LogP contribution in [0.1, 0.15) is 46.7 Å². The first-order valence-corrected chi connectivity index (χ1v) is 9.19. The molecule has 4 nitrogen and oxygen atoms in total. The lowest BCUT2D eigenvalue weighted by Gasteiger charge is -2.11. The molecule has 0 aliphatic heterocycles. The molecule has 0 saturated carbocycles. The van der Waals surface area contributed by atoms with E-state index in [-0.39, 0.29) is 28.2 Å². The number of aliphatic carboxylic acids is 1. The summed E-state index contributed by atoms with van der Waals surface area (Å²) in [6.07, 6.45) is 1.79. The average molecular weight is 393 g/mol. The zero-order chi connectivity index (χ0) is 18.7. The summed E-state index contributed by atoms with van der Waals surface area (Å²) in [5, 5.41) is 9.11. The van der Waals surface area contributed by atoms with E-state index in [0.717, 1.165) is 11.1 Å². The summed E-state index contributed by atoms with van der Waals surface area (Å²) in [5.74, 6) is -0.669. The number of rotatable bonds is 7. The van der Waals surface area contributed by atoms with Gasteiger partial charge in [0.1, 0.15) is 10.8 Å². The lowest BCUT2D eigenvalue weighted by Crippen LogP contribution is -2.07. The number of halogens is 2. The molecule has 6 heteroatoms. The predicted molar refractivity (Wildman–Crippen MR) is 101 cm³/mol. The van der Waals surface area contributed by atoms with Gasteiger partial charge in [0.2, 0.25) is 0 Å². The van der Waals surface area contributed by atoms with Gasteiger partial charge in [-0.25, -0.2) is 0 Å². The van der Waals surface area contributed by atoms with E-state index in [9.17, 15) is 9.59 Å². The summed E-state index contributed by atoms with van der Waals surface area (Å²) in [6, 6.07) is 11.4. The minimum atomic E-state index is -0.825. The standard InChI is InChI=1S/C20H18Cl2O4/c21-18-15(26-9-5-4-8-16(23)24)11-13-10-14(12-6-2-1-3-7-12)20(25)17(13)19(18)22/h1-3,6-7,11,14H,4-5,8-10H2,(H,23,24). The van der Waals surface area contributed by atoms with Crippen LogP contribution < -0.4 is 4.74 Å². The molecule has 1 unspecified atom stereocenters. The predicted octanol–water partition coefficient (Wildman–Crippen LogP) is 5.15. The van der Waals surface area contributed by atoms with Crippen molar-refractivity contribution >= 4 is 35.0 Å². The summed E-state index contributed by atoms with van der Waals surface area (Å²) in [4.78, 5) is 23.3. The van der Waals surface area contributed by atoms with Crippen molar-refractivity contribution in [2.75, 3.05) is 6.61 Å². The number of ketones is 1. The van der Waals surface area contributed by atoms with Gasteiger partial charge in [0.05, 0.1) is 17.5 Å². The van der Waals surface area contributed by atoms with Gasteiger partial charge in [-0.1, -0.05) is 53.5 Å². The van der Waals surface area contributed by atoms with Crippen LogP contribution in [0.25, 0.3) is 0 Å². The Morgan fingerprint density at radius 1 is 1.15 bits per heavy atom. The highest BCUT2D eigenvalue weighted by molar-refractivity contribution is 6.45. The van der Waals surface area contributed by atoms with Crippen molar-refractivity contribution in [3.63, 3.8) is 0 Å². The molecular formula is C20H18Cl2O4. The second-order valence-corrected chi connectivity index (χ2v) is 7.02. The quantitative estimate of drug-likeness (QED) is 0.661. The third-order valence-electron chi connectivity index (χ3n) is 4.49. The highest BCUT2D eigenvalue weighted by atomic mass is 35.5. The zero-order valence-electron chi connectivity index (χ0n) is 14.0. The van der Waals surface area contributed by atoms with Crippen molar-refractivity contribution in [3.8, 4) is 5.75 Å². The third kappa shape index (κ3) is 3.87. The van der Waals surface area contributed by atoms with Crippen molar-refractivity contribution in [2.24, 2.45) is 0 Å². The van der Waals surface area contributed by atoms with E-state index in [1.807, 2.05) is 30.3 Å². The molecule has 0 heterocycles. The van der Waals surface area contributed by atoms with Gasteiger partial charge in [0.25, 0.3) is 0 Å². The number of carboxylic acid groups (broad SMARTS) is 1. The summed E-state index contributed by atoms with van der Waals surface area (Å²) in [7, 11) is 0. The molecule has 3 rings (SSSR count). The molecule has 0 amide bonds. The number of hydrogen-bond donors (Lipinski definition) is 1. The van der Waals surface area contributed by atoms with Crippen molar-refractivity contribution in [3.05, 3.63) is 63.1 Å². The molecule has 0 radical (unpaired) electrons.